The number of terminal acetylenes is 3. The van der Waals surface area contributed by atoms with Crippen LogP contribution in [-0.4, -0.2) is 161 Å². The Bertz CT molecular complexity index is 7590. The first kappa shape index (κ1) is 96.8. The molecule has 4 aliphatic carbocycles. The van der Waals surface area contributed by atoms with Gasteiger partial charge in [-0.1, -0.05) is 89.5 Å². The minimum absolute atomic E-state index is 0.0463. The lowest BCUT2D eigenvalue weighted by molar-refractivity contribution is -0.170. The summed E-state index contributed by atoms with van der Waals surface area (Å²) in [5.74, 6) is 9.49. The number of anilines is 6. The van der Waals surface area contributed by atoms with Gasteiger partial charge in [0.05, 0.1) is 113 Å². The van der Waals surface area contributed by atoms with Crippen molar-refractivity contribution in [2.75, 3.05) is 34.4 Å². The van der Waals surface area contributed by atoms with Gasteiger partial charge in [-0.05, 0) is 277 Å². The van der Waals surface area contributed by atoms with Gasteiger partial charge >= 0.3 is 0 Å². The molecular formula is C104H100Br4Cl2N22O9. The summed E-state index contributed by atoms with van der Waals surface area (Å²) in [4.78, 5) is 64.9. The molecule has 7 aliphatic rings. The fraction of sp³-hybridized carbons (Fsp3) is 0.356. The number of fused-ring (bicyclic) bond motifs is 11. The molecule has 0 spiro atoms. The molecule has 4 aromatic carbocycles. The lowest BCUT2D eigenvalue weighted by atomic mass is 9.79. The Kier molecular flexibility index (Phi) is 25.6. The molecule has 37 heteroatoms. The van der Waals surface area contributed by atoms with Gasteiger partial charge in [-0.25, -0.2) is 59.8 Å². The highest BCUT2D eigenvalue weighted by atomic mass is 79.9. The number of hydrogen-bond donors (Lipinski definition) is 8. The molecule has 4 saturated carbocycles. The third kappa shape index (κ3) is 17.9. The first-order valence-corrected chi connectivity index (χ1v) is 50.1. The molecule has 23 rings (SSSR count). The number of benzene rings is 4. The zero-order chi connectivity index (χ0) is 99.1. The minimum atomic E-state index is -1.07. The number of nitrogen functional groups attached to an aromatic ring is 6. The molecule has 141 heavy (non-hydrogen) atoms. The largest absolute Gasteiger partial charge is 0.389 e. The Morgan fingerprint density at radius 1 is 0.383 bits per heavy atom. The number of nitrogens with zero attached hydrogens (tertiary/aromatic N) is 16. The van der Waals surface area contributed by atoms with Gasteiger partial charge in [0.25, 0.3) is 0 Å². The number of halogens is 6. The van der Waals surface area contributed by atoms with E-state index >= 15 is 0 Å². The molecule has 12 aromatic heterocycles. The lowest BCUT2D eigenvalue weighted by Crippen LogP contribution is -2.37. The zero-order valence-corrected chi connectivity index (χ0v) is 85.4. The van der Waals surface area contributed by atoms with Gasteiger partial charge in [0, 0.05) is 46.3 Å². The van der Waals surface area contributed by atoms with Crippen LogP contribution in [0.2, 0.25) is 10.3 Å². The van der Waals surface area contributed by atoms with Crippen LogP contribution in [0.5, 0.6) is 0 Å². The average Bonchev–Trinajstić information content (AvgIpc) is 1.57. The summed E-state index contributed by atoms with van der Waals surface area (Å²) in [7, 11) is 0. The van der Waals surface area contributed by atoms with E-state index in [2.05, 4.69) is 197 Å². The van der Waals surface area contributed by atoms with Crippen molar-refractivity contribution in [3.8, 4) is 37.0 Å². The van der Waals surface area contributed by atoms with Crippen LogP contribution in [-0.2, 0) is 58.9 Å². The number of rotatable bonds is 17. The number of aryl methyl sites for hydroxylation is 4. The summed E-state index contributed by atoms with van der Waals surface area (Å²) in [5.41, 5.74) is 44.0. The van der Waals surface area contributed by atoms with Crippen LogP contribution in [0.4, 0.5) is 34.9 Å². The lowest BCUT2D eigenvalue weighted by Gasteiger charge is -2.31. The normalized spacial score (nSPS) is 26.5. The SMILES string of the molecule is C#C[C@]1(CCc2ccc3cc(Br)c(N)nc3c2)C[C@@H](n2ccc3c(Cl)ncnc32)[C@@H]2OC(C)(C)O[C@@H]21.C#C[C@]1(CCc2ccc3cc(Br)c(N)nc3c2)C[C@@H](n2ccc3c(N)ncnc32)[C@@H]2OC(C)(C)O[C@@H]21.C#C[C@]1(CCc2ccc3cc(Br)c(N)nc3c2)C[C@@H](n2ccc3c(N)ncnc32)[C@H](O)[C@@H]1O.CC1(C)O[C@H]2[C@H](n3ccc4c(Cl)ncnc43)C[C@](C=O)(CCc3ccc4cc(Br)c(N)nc4c3)[C@H]2O1. The Balaban J connectivity index is 0.000000115. The van der Waals surface area contributed by atoms with Gasteiger partial charge in [-0.15, -0.1) is 19.3 Å². The van der Waals surface area contributed by atoms with Gasteiger partial charge in [-0.2, -0.15) is 0 Å². The number of hydrogen-bond acceptors (Lipinski definition) is 27. The van der Waals surface area contributed by atoms with Gasteiger partial charge in [0.15, 0.2) is 17.4 Å². The van der Waals surface area contributed by atoms with Crippen LogP contribution in [0, 0.1) is 58.7 Å². The molecule has 0 radical (unpaired) electrons. The maximum Gasteiger partial charge on any atom is 0.163 e. The van der Waals surface area contributed by atoms with Crippen molar-refractivity contribution >= 4 is 216 Å². The van der Waals surface area contributed by atoms with Crippen LogP contribution in [0.25, 0.3) is 87.7 Å². The summed E-state index contributed by atoms with van der Waals surface area (Å²) >= 11 is 26.4. The van der Waals surface area contributed by atoms with Crippen LogP contribution in [0.15, 0.2) is 189 Å². The molecule has 15 heterocycles. The van der Waals surface area contributed by atoms with Crippen LogP contribution >= 0.6 is 86.9 Å². The number of aromatic nitrogens is 16. The monoisotopic (exact) mass is 2190 g/mol. The molecule has 16 atom stereocenters. The maximum atomic E-state index is 12.8. The van der Waals surface area contributed by atoms with E-state index < -0.39 is 57.3 Å². The Morgan fingerprint density at radius 3 is 1.04 bits per heavy atom. The highest BCUT2D eigenvalue weighted by molar-refractivity contribution is 9.11. The number of aldehydes is 1. The minimum Gasteiger partial charge on any atom is -0.389 e. The predicted octanol–water partition coefficient (Wildman–Crippen LogP) is 18.4. The molecular weight excluding hydrogens is 2090 g/mol. The fourth-order valence-electron chi connectivity index (χ4n) is 22.2. The first-order chi connectivity index (χ1) is 67.4. The molecule has 0 amide bonds. The van der Waals surface area contributed by atoms with Crippen molar-refractivity contribution in [2.45, 2.75) is 209 Å². The Morgan fingerprint density at radius 2 is 0.681 bits per heavy atom. The molecule has 0 bridgehead atoms. The second kappa shape index (κ2) is 37.3. The third-order valence-electron chi connectivity index (χ3n) is 29.2. The number of aliphatic hydroxyl groups excluding tert-OH is 2. The molecule has 3 saturated heterocycles. The van der Waals surface area contributed by atoms with Gasteiger partial charge in [0.2, 0.25) is 0 Å². The Labute approximate surface area is 854 Å². The maximum absolute atomic E-state index is 12.8. The second-order valence-electron chi connectivity index (χ2n) is 39.1. The van der Waals surface area contributed by atoms with Crippen molar-refractivity contribution in [1.29, 1.82) is 0 Å². The van der Waals surface area contributed by atoms with Crippen LogP contribution in [0.1, 0.15) is 139 Å². The topological polar surface area (TPSA) is 443 Å². The predicted molar refractivity (Wildman–Crippen MR) is 558 cm³/mol. The molecule has 0 unspecified atom stereocenters. The second-order valence-corrected chi connectivity index (χ2v) is 43.2. The Hall–Kier alpha value is -11.7. The number of pyridine rings is 4. The van der Waals surface area contributed by atoms with Gasteiger partial charge in [0.1, 0.15) is 142 Å². The highest BCUT2D eigenvalue weighted by Gasteiger charge is 2.65. The standard InChI is InChI=1S/C27H25BrClN5O2.C27H27BrN6O2.C26H25BrClN5O3.C24H23BrN6O2/c2*1-4-27(9-7-15-5-6-16-12-18(28)24(30)33-19(16)11-15)13-20(21-22(27)36-26(2,3)35-21)34-10-8-17-23(29)31-14-32-25(17)34;1-25(2)35-20-19(33-8-6-16-22(28)30-13-31-24(16)33)11-26(12-34,21(20)36-25)7-5-14-3-4-15-10-17(27)23(29)32-18(15)9-14;1-2-24(7-5-13-3-4-14-10-16(25)22(27)30-17(14)9-13)11-18(19(32)20(24)33)31-8-6-15-21(26)28-12-29-23(15)31/h1,5-6,8,10-12,14,20-22H,7,9,13H2,2-3H3,(H2,30,33);1,5-6,8,10-12,14,20-22H,7,9,13H2,2-3H3,(H2,30,33)(H2,29,31,32);3-4,6,8-10,12-13,19-21H,5,7,11H2,1-2H3,(H2,29,32);1,3-4,6,8-10,12,18-20,32-33H,5,7,11H2,(H2,27,30)(H2,26,28,29)/t2*20-,21+,22+,27+;19-,20+,21+,26+;18-,19+,20+,24+/m1111/s1. The summed E-state index contributed by atoms with van der Waals surface area (Å²) in [6.45, 7) is 11.5. The number of aliphatic hydroxyl groups is 2. The van der Waals surface area contributed by atoms with E-state index in [1.54, 1.807) is 6.20 Å². The van der Waals surface area contributed by atoms with Crippen molar-refractivity contribution in [3.63, 3.8) is 0 Å². The smallest absolute Gasteiger partial charge is 0.163 e. The van der Waals surface area contributed by atoms with E-state index in [4.69, 9.17) is 105 Å². The molecule has 3 aliphatic heterocycles. The van der Waals surface area contributed by atoms with Crippen molar-refractivity contribution in [1.82, 2.24) is 78.1 Å². The first-order valence-electron chi connectivity index (χ1n) is 46.2. The van der Waals surface area contributed by atoms with Gasteiger partial charge < -0.3 is 96.1 Å². The number of carbonyl (C=O) groups excluding carboxylic acids is 1. The van der Waals surface area contributed by atoms with Gasteiger partial charge in [-0.3, -0.25) is 0 Å². The number of nitrogens with two attached hydrogens (primary N) is 6. The molecule has 16 aromatic rings. The van der Waals surface area contributed by atoms with Crippen LogP contribution in [0.3, 0.4) is 0 Å². The number of ether oxygens (including phenoxy) is 6. The molecule has 14 N–H and O–H groups in total. The summed E-state index contributed by atoms with van der Waals surface area (Å²) in [6.07, 6.45) is 37.3. The van der Waals surface area contributed by atoms with E-state index in [-0.39, 0.29) is 54.7 Å². The molecule has 722 valence electrons. The molecule has 7 fully saturated rings. The molecule has 31 nitrogen and oxygen atoms in total. The quantitative estimate of drug-likeness (QED) is 0.0238. The summed E-state index contributed by atoms with van der Waals surface area (Å²) in [6, 6.07) is 39.5. The van der Waals surface area contributed by atoms with E-state index in [0.717, 1.165) is 149 Å². The van der Waals surface area contributed by atoms with E-state index in [1.165, 1.54) is 25.3 Å². The summed E-state index contributed by atoms with van der Waals surface area (Å²) in [5, 5.41) is 29.9. The van der Waals surface area contributed by atoms with Crippen molar-refractivity contribution < 1.29 is 43.4 Å². The van der Waals surface area contributed by atoms with Crippen LogP contribution < -0.4 is 34.4 Å². The van der Waals surface area contributed by atoms with E-state index in [9.17, 15) is 15.0 Å². The fourth-order valence-corrected chi connectivity index (χ4v) is 23.9. The van der Waals surface area contributed by atoms with Crippen molar-refractivity contribution in [3.05, 3.63) is 222 Å². The third-order valence-corrected chi connectivity index (χ3v) is 32.4. The summed E-state index contributed by atoms with van der Waals surface area (Å²) < 4.78 is 49.8. The zero-order valence-electron chi connectivity index (χ0n) is 77.5. The van der Waals surface area contributed by atoms with E-state index in [1.807, 2.05) is 144 Å². The number of carbonyl (C=O) groups is 1. The average molecular weight is 2190 g/mol. The highest BCUT2D eigenvalue weighted by Crippen LogP contribution is 2.60. The van der Waals surface area contributed by atoms with Crippen molar-refractivity contribution in [2.24, 2.45) is 21.7 Å². The van der Waals surface area contributed by atoms with E-state index in [0.29, 0.717) is 108 Å².